The van der Waals surface area contributed by atoms with Gasteiger partial charge in [0, 0.05) is 17.6 Å². The normalized spacial score (nSPS) is 16.1. The average molecular weight is 249 g/mol. The van der Waals surface area contributed by atoms with Crippen molar-refractivity contribution in [1.29, 1.82) is 0 Å². The van der Waals surface area contributed by atoms with Crippen LogP contribution in [0, 0.1) is 0 Å². The molecule has 0 saturated carbocycles. The number of rotatable bonds is 7. The summed E-state index contributed by atoms with van der Waals surface area (Å²) in [6, 6.07) is 9.18. The molecule has 1 N–H and O–H groups in total. The number of para-hydroxylation sites is 1. The molecule has 0 heterocycles. The molecule has 0 radical (unpaired) electrons. The third-order valence-electron chi connectivity index (χ3n) is 3.44. The highest BCUT2D eigenvalue weighted by Crippen LogP contribution is 2.26. The Hall–Kier alpha value is -1.02. The van der Waals surface area contributed by atoms with Crippen molar-refractivity contribution >= 4 is 0 Å². The zero-order valence-electron chi connectivity index (χ0n) is 12.4. The van der Waals surface area contributed by atoms with Crippen molar-refractivity contribution in [2.24, 2.45) is 0 Å². The van der Waals surface area contributed by atoms with E-state index in [9.17, 15) is 0 Å². The van der Waals surface area contributed by atoms with E-state index in [-0.39, 0.29) is 6.10 Å². The van der Waals surface area contributed by atoms with Crippen LogP contribution < -0.4 is 10.1 Å². The average Bonchev–Trinajstić information content (AvgIpc) is 2.38. The van der Waals surface area contributed by atoms with E-state index in [0.29, 0.717) is 12.1 Å². The van der Waals surface area contributed by atoms with Crippen molar-refractivity contribution in [3.8, 4) is 5.75 Å². The standard InChI is InChI=1S/C16H27NO/c1-6-12(3)17-14(5)15-10-8-9-11-16(15)18-13(4)7-2/h8-14,17H,6-7H2,1-5H3. The maximum atomic E-state index is 5.99. The zero-order chi connectivity index (χ0) is 13.5. The lowest BCUT2D eigenvalue weighted by Gasteiger charge is -2.23. The molecule has 0 aliphatic carbocycles. The number of benzene rings is 1. The molecule has 2 heteroatoms. The molecule has 0 amide bonds. The minimum atomic E-state index is 0.266. The fraction of sp³-hybridized carbons (Fsp3) is 0.625. The molecule has 3 unspecified atom stereocenters. The summed E-state index contributed by atoms with van der Waals surface area (Å²) >= 11 is 0. The van der Waals surface area contributed by atoms with Crippen molar-refractivity contribution in [1.82, 2.24) is 5.32 Å². The van der Waals surface area contributed by atoms with E-state index in [2.05, 4.69) is 58.1 Å². The topological polar surface area (TPSA) is 21.3 Å². The van der Waals surface area contributed by atoms with Gasteiger partial charge in [-0.2, -0.15) is 0 Å². The van der Waals surface area contributed by atoms with Crippen LogP contribution in [0.15, 0.2) is 24.3 Å². The van der Waals surface area contributed by atoms with E-state index in [1.165, 1.54) is 5.56 Å². The molecule has 0 bridgehead atoms. The number of hydrogen-bond acceptors (Lipinski definition) is 2. The van der Waals surface area contributed by atoms with E-state index in [1.54, 1.807) is 0 Å². The summed E-state index contributed by atoms with van der Waals surface area (Å²) in [5, 5.41) is 3.60. The van der Waals surface area contributed by atoms with Crippen LogP contribution in [0.4, 0.5) is 0 Å². The van der Waals surface area contributed by atoms with Crippen LogP contribution >= 0.6 is 0 Å². The fourth-order valence-electron chi connectivity index (χ4n) is 1.88. The first kappa shape index (κ1) is 15.0. The third-order valence-corrected chi connectivity index (χ3v) is 3.44. The minimum Gasteiger partial charge on any atom is -0.490 e. The van der Waals surface area contributed by atoms with E-state index in [0.717, 1.165) is 18.6 Å². The predicted octanol–water partition coefficient (Wildman–Crippen LogP) is 4.31. The van der Waals surface area contributed by atoms with Crippen LogP contribution in [0.1, 0.15) is 59.1 Å². The summed E-state index contributed by atoms with van der Waals surface area (Å²) in [6.45, 7) is 10.9. The van der Waals surface area contributed by atoms with Gasteiger partial charge in [0.25, 0.3) is 0 Å². The van der Waals surface area contributed by atoms with Crippen LogP contribution in [0.2, 0.25) is 0 Å². The summed E-state index contributed by atoms with van der Waals surface area (Å²) < 4.78 is 5.99. The summed E-state index contributed by atoms with van der Waals surface area (Å²) in [7, 11) is 0. The van der Waals surface area contributed by atoms with Gasteiger partial charge in [0.05, 0.1) is 6.10 Å². The van der Waals surface area contributed by atoms with Crippen molar-refractivity contribution in [2.45, 2.75) is 65.6 Å². The lowest BCUT2D eigenvalue weighted by atomic mass is 10.1. The Morgan fingerprint density at radius 1 is 1.06 bits per heavy atom. The largest absolute Gasteiger partial charge is 0.490 e. The van der Waals surface area contributed by atoms with E-state index < -0.39 is 0 Å². The minimum absolute atomic E-state index is 0.266. The van der Waals surface area contributed by atoms with Gasteiger partial charge in [0.15, 0.2) is 0 Å². The van der Waals surface area contributed by atoms with Crippen LogP contribution in [-0.4, -0.2) is 12.1 Å². The Balaban J connectivity index is 2.80. The Bertz CT molecular complexity index is 351. The van der Waals surface area contributed by atoms with Crippen molar-refractivity contribution < 1.29 is 4.74 Å². The van der Waals surface area contributed by atoms with E-state index >= 15 is 0 Å². The fourth-order valence-corrected chi connectivity index (χ4v) is 1.88. The van der Waals surface area contributed by atoms with Gasteiger partial charge in [0.2, 0.25) is 0 Å². The first-order valence-corrected chi connectivity index (χ1v) is 7.10. The molecule has 2 nitrogen and oxygen atoms in total. The lowest BCUT2D eigenvalue weighted by Crippen LogP contribution is -2.28. The van der Waals surface area contributed by atoms with Gasteiger partial charge < -0.3 is 10.1 Å². The van der Waals surface area contributed by atoms with Gasteiger partial charge in [-0.25, -0.2) is 0 Å². The smallest absolute Gasteiger partial charge is 0.124 e. The molecule has 1 aromatic rings. The first-order chi connectivity index (χ1) is 8.58. The molecule has 0 fully saturated rings. The predicted molar refractivity (Wildman–Crippen MR) is 78.1 cm³/mol. The molecular formula is C16H27NO. The number of ether oxygens (including phenoxy) is 1. The summed E-state index contributed by atoms with van der Waals surface area (Å²) in [5.74, 6) is 1.01. The number of hydrogen-bond donors (Lipinski definition) is 1. The zero-order valence-corrected chi connectivity index (χ0v) is 12.4. The second-order valence-corrected chi connectivity index (χ2v) is 5.07. The van der Waals surface area contributed by atoms with Gasteiger partial charge in [-0.3, -0.25) is 0 Å². The highest BCUT2D eigenvalue weighted by molar-refractivity contribution is 5.35. The monoisotopic (exact) mass is 249 g/mol. The van der Waals surface area contributed by atoms with Crippen LogP contribution in [0.5, 0.6) is 5.75 Å². The molecule has 18 heavy (non-hydrogen) atoms. The maximum absolute atomic E-state index is 5.99. The Morgan fingerprint density at radius 3 is 2.33 bits per heavy atom. The van der Waals surface area contributed by atoms with Gasteiger partial charge >= 0.3 is 0 Å². The van der Waals surface area contributed by atoms with Gasteiger partial charge in [-0.05, 0) is 39.7 Å². The summed E-state index contributed by atoms with van der Waals surface area (Å²) in [6.07, 6.45) is 2.43. The number of nitrogens with one attached hydrogen (secondary N) is 1. The van der Waals surface area contributed by atoms with Gasteiger partial charge in [-0.15, -0.1) is 0 Å². The molecule has 102 valence electrons. The summed E-state index contributed by atoms with van der Waals surface area (Å²) in [4.78, 5) is 0. The Kier molecular flexibility index (Phi) is 6.20. The van der Waals surface area contributed by atoms with Crippen LogP contribution in [-0.2, 0) is 0 Å². The lowest BCUT2D eigenvalue weighted by molar-refractivity contribution is 0.213. The van der Waals surface area contributed by atoms with Crippen LogP contribution in [0.3, 0.4) is 0 Å². The molecule has 3 atom stereocenters. The van der Waals surface area contributed by atoms with Gasteiger partial charge in [-0.1, -0.05) is 32.0 Å². The quantitative estimate of drug-likeness (QED) is 0.777. The van der Waals surface area contributed by atoms with Gasteiger partial charge in [0.1, 0.15) is 5.75 Å². The molecule has 0 aliphatic heterocycles. The highest BCUT2D eigenvalue weighted by atomic mass is 16.5. The van der Waals surface area contributed by atoms with Crippen molar-refractivity contribution in [3.05, 3.63) is 29.8 Å². The maximum Gasteiger partial charge on any atom is 0.124 e. The second kappa shape index (κ2) is 7.42. The first-order valence-electron chi connectivity index (χ1n) is 7.10. The molecule has 0 saturated heterocycles. The highest BCUT2D eigenvalue weighted by Gasteiger charge is 2.14. The molecule has 1 rings (SSSR count). The Morgan fingerprint density at radius 2 is 1.72 bits per heavy atom. The molecule has 0 aliphatic rings. The van der Waals surface area contributed by atoms with E-state index in [1.807, 2.05) is 6.07 Å². The molecular weight excluding hydrogens is 222 g/mol. The van der Waals surface area contributed by atoms with E-state index in [4.69, 9.17) is 4.74 Å². The van der Waals surface area contributed by atoms with Crippen LogP contribution in [0.25, 0.3) is 0 Å². The summed E-state index contributed by atoms with van der Waals surface area (Å²) in [5.41, 5.74) is 1.25. The molecule has 1 aromatic carbocycles. The Labute approximate surface area is 112 Å². The molecule has 0 aromatic heterocycles. The molecule has 0 spiro atoms. The van der Waals surface area contributed by atoms with Crippen molar-refractivity contribution in [3.63, 3.8) is 0 Å². The second-order valence-electron chi connectivity index (χ2n) is 5.07. The third kappa shape index (κ3) is 4.34. The SMILES string of the molecule is CCC(C)NC(C)c1ccccc1OC(C)CC. The van der Waals surface area contributed by atoms with Crippen molar-refractivity contribution in [2.75, 3.05) is 0 Å².